The second-order valence-electron chi connectivity index (χ2n) is 6.54. The highest BCUT2D eigenvalue weighted by molar-refractivity contribution is 6.33. The Labute approximate surface area is 169 Å². The van der Waals surface area contributed by atoms with Gasteiger partial charge in [0.25, 0.3) is 5.91 Å². The maximum Gasteiger partial charge on any atom is 0.417 e. The lowest BCUT2D eigenvalue weighted by Crippen LogP contribution is -2.37. The number of amides is 2. The number of halogens is 4. The second kappa shape index (κ2) is 8.24. The summed E-state index contributed by atoms with van der Waals surface area (Å²) < 4.78 is 38.3. The summed E-state index contributed by atoms with van der Waals surface area (Å²) in [5, 5.41) is 5.26. The Hall–Kier alpha value is -2.88. The Morgan fingerprint density at radius 2 is 2.03 bits per heavy atom. The molecule has 2 amide bonds. The molecule has 1 unspecified atom stereocenters. The van der Waals surface area contributed by atoms with E-state index in [0.717, 1.165) is 12.3 Å². The number of hydrogen-bond donors (Lipinski definition) is 2. The van der Waals surface area contributed by atoms with E-state index in [2.05, 4.69) is 20.6 Å². The van der Waals surface area contributed by atoms with Gasteiger partial charge in [-0.05, 0) is 24.6 Å². The third-order valence-electron chi connectivity index (χ3n) is 4.30. The van der Waals surface area contributed by atoms with Gasteiger partial charge in [0.2, 0.25) is 5.91 Å². The molecule has 1 atom stereocenters. The summed E-state index contributed by atoms with van der Waals surface area (Å²) in [6.45, 7) is 2.17. The summed E-state index contributed by atoms with van der Waals surface area (Å²) in [6, 6.07) is 3.58. The highest BCUT2D eigenvalue weighted by atomic mass is 35.5. The van der Waals surface area contributed by atoms with Crippen LogP contribution in [-0.2, 0) is 11.0 Å². The summed E-state index contributed by atoms with van der Waals surface area (Å²) in [6.07, 6.45) is -1.79. The van der Waals surface area contributed by atoms with Crippen molar-refractivity contribution in [3.05, 3.63) is 46.7 Å². The van der Waals surface area contributed by atoms with Gasteiger partial charge in [-0.1, -0.05) is 11.6 Å². The van der Waals surface area contributed by atoms with Gasteiger partial charge in [0.1, 0.15) is 11.6 Å². The highest BCUT2D eigenvalue weighted by Crippen LogP contribution is 2.34. The van der Waals surface area contributed by atoms with E-state index in [4.69, 9.17) is 11.6 Å². The molecule has 0 spiro atoms. The van der Waals surface area contributed by atoms with Gasteiger partial charge >= 0.3 is 6.18 Å². The number of carbonyl (C=O) groups excluding carboxylic acids is 2. The van der Waals surface area contributed by atoms with Crippen LogP contribution in [-0.4, -0.2) is 40.9 Å². The van der Waals surface area contributed by atoms with Crippen molar-refractivity contribution in [1.29, 1.82) is 0 Å². The van der Waals surface area contributed by atoms with Crippen LogP contribution in [0.2, 0.25) is 5.02 Å². The van der Waals surface area contributed by atoms with E-state index in [9.17, 15) is 22.8 Å². The maximum absolute atomic E-state index is 12.8. The van der Waals surface area contributed by atoms with Crippen LogP contribution in [0.15, 0.2) is 30.6 Å². The molecule has 2 N–H and O–H groups in total. The predicted octanol–water partition coefficient (Wildman–Crippen LogP) is 3.12. The first-order valence-corrected chi connectivity index (χ1v) is 9.03. The molecule has 11 heteroatoms. The first kappa shape index (κ1) is 20.8. The Bertz CT molecular complexity index is 938. The van der Waals surface area contributed by atoms with Gasteiger partial charge in [0, 0.05) is 44.0 Å². The fraction of sp³-hybridized carbons (Fsp3) is 0.333. The highest BCUT2D eigenvalue weighted by Gasteiger charge is 2.33. The molecule has 0 bridgehead atoms. The number of aromatic nitrogens is 2. The van der Waals surface area contributed by atoms with Crippen molar-refractivity contribution in [2.24, 2.45) is 0 Å². The molecule has 1 aliphatic rings. The summed E-state index contributed by atoms with van der Waals surface area (Å²) in [5.74, 6) is -0.146. The van der Waals surface area contributed by atoms with E-state index in [1.807, 2.05) is 0 Å². The van der Waals surface area contributed by atoms with Gasteiger partial charge < -0.3 is 15.5 Å². The largest absolute Gasteiger partial charge is 0.417 e. The topological polar surface area (TPSA) is 87.2 Å². The van der Waals surface area contributed by atoms with Crippen molar-refractivity contribution in [2.75, 3.05) is 23.3 Å². The van der Waals surface area contributed by atoms with Crippen LogP contribution >= 0.6 is 11.6 Å². The fourth-order valence-electron chi connectivity index (χ4n) is 2.98. The van der Waals surface area contributed by atoms with Gasteiger partial charge in [0.15, 0.2) is 0 Å². The summed E-state index contributed by atoms with van der Waals surface area (Å²) in [7, 11) is 0. The molecule has 0 aliphatic carbocycles. The van der Waals surface area contributed by atoms with E-state index in [1.54, 1.807) is 4.90 Å². The smallest absolute Gasteiger partial charge is 0.353 e. The van der Waals surface area contributed by atoms with Crippen molar-refractivity contribution in [3.8, 4) is 0 Å². The third kappa shape index (κ3) is 5.14. The molecular formula is C18H17ClF3N5O2. The van der Waals surface area contributed by atoms with Crippen LogP contribution < -0.4 is 15.5 Å². The number of nitrogens with one attached hydrogen (secondary N) is 2. The molecular weight excluding hydrogens is 411 g/mol. The predicted molar refractivity (Wildman–Crippen MR) is 101 cm³/mol. The van der Waals surface area contributed by atoms with Gasteiger partial charge in [-0.3, -0.25) is 9.59 Å². The van der Waals surface area contributed by atoms with Crippen LogP contribution in [0, 0.1) is 0 Å². The zero-order chi connectivity index (χ0) is 21.2. The molecule has 7 nitrogen and oxygen atoms in total. The summed E-state index contributed by atoms with van der Waals surface area (Å²) >= 11 is 5.99. The lowest BCUT2D eigenvalue weighted by atomic mass is 10.2. The van der Waals surface area contributed by atoms with Crippen LogP contribution in [0.3, 0.4) is 0 Å². The van der Waals surface area contributed by atoms with E-state index < -0.39 is 11.7 Å². The van der Waals surface area contributed by atoms with Gasteiger partial charge in [-0.15, -0.1) is 0 Å². The molecule has 3 rings (SSSR count). The lowest BCUT2D eigenvalue weighted by molar-refractivity contribution is -0.137. The van der Waals surface area contributed by atoms with Crippen molar-refractivity contribution in [2.45, 2.75) is 25.6 Å². The molecule has 0 aromatic carbocycles. The van der Waals surface area contributed by atoms with Crippen molar-refractivity contribution >= 4 is 35.1 Å². The Balaban J connectivity index is 1.64. The van der Waals surface area contributed by atoms with E-state index in [0.29, 0.717) is 25.1 Å². The fourth-order valence-corrected chi connectivity index (χ4v) is 3.26. The zero-order valence-electron chi connectivity index (χ0n) is 15.3. The zero-order valence-corrected chi connectivity index (χ0v) is 16.0. The molecule has 1 saturated heterocycles. The maximum atomic E-state index is 12.8. The standard InChI is InChI=1S/C18H17ClF3N5O2/c1-10(28)25-15-6-11(2-4-23-15)17(29)26-13-3-5-27(9-13)16-14(19)7-12(8-24-16)18(20,21)22/h2,4,6-8,13H,3,5,9H2,1H3,(H,26,29)(H,23,25,28). The first-order valence-electron chi connectivity index (χ1n) is 8.65. The molecule has 0 radical (unpaired) electrons. The van der Waals surface area contributed by atoms with E-state index >= 15 is 0 Å². The van der Waals surface area contributed by atoms with Crippen molar-refractivity contribution in [3.63, 3.8) is 0 Å². The average molecular weight is 428 g/mol. The molecule has 0 saturated carbocycles. The first-order chi connectivity index (χ1) is 13.6. The number of pyridine rings is 2. The summed E-state index contributed by atoms with van der Waals surface area (Å²) in [5.41, 5.74) is -0.587. The molecule has 2 aromatic heterocycles. The Morgan fingerprint density at radius 1 is 1.28 bits per heavy atom. The number of hydrogen-bond acceptors (Lipinski definition) is 5. The molecule has 3 heterocycles. The molecule has 1 aliphatic heterocycles. The number of nitrogens with zero attached hydrogens (tertiary/aromatic N) is 3. The number of alkyl halides is 3. The molecule has 154 valence electrons. The Kier molecular flexibility index (Phi) is 5.92. The normalized spacial score (nSPS) is 16.6. The number of rotatable bonds is 4. The van der Waals surface area contributed by atoms with Crippen LogP contribution in [0.1, 0.15) is 29.3 Å². The minimum Gasteiger partial charge on any atom is -0.353 e. The van der Waals surface area contributed by atoms with E-state index in [-0.39, 0.29) is 34.5 Å². The van der Waals surface area contributed by atoms with E-state index in [1.165, 1.54) is 25.3 Å². The molecule has 2 aromatic rings. The monoisotopic (exact) mass is 427 g/mol. The van der Waals surface area contributed by atoms with Crippen LogP contribution in [0.25, 0.3) is 0 Å². The SMILES string of the molecule is CC(=O)Nc1cc(C(=O)NC2CCN(c3ncc(C(F)(F)F)cc3Cl)C2)ccn1. The van der Waals surface area contributed by atoms with Crippen molar-refractivity contribution in [1.82, 2.24) is 15.3 Å². The number of anilines is 2. The second-order valence-corrected chi connectivity index (χ2v) is 6.95. The minimum absolute atomic E-state index is 0.0964. The third-order valence-corrected chi connectivity index (χ3v) is 4.58. The minimum atomic E-state index is -4.52. The van der Waals surface area contributed by atoms with Crippen LogP contribution in [0.5, 0.6) is 0 Å². The van der Waals surface area contributed by atoms with Gasteiger partial charge in [-0.2, -0.15) is 13.2 Å². The quantitative estimate of drug-likeness (QED) is 0.783. The average Bonchev–Trinajstić information content (AvgIpc) is 3.08. The molecule has 1 fully saturated rings. The van der Waals surface area contributed by atoms with Crippen LogP contribution in [0.4, 0.5) is 24.8 Å². The van der Waals surface area contributed by atoms with Crippen molar-refractivity contribution < 1.29 is 22.8 Å². The Morgan fingerprint density at radius 3 is 2.69 bits per heavy atom. The number of carbonyl (C=O) groups is 2. The van der Waals surface area contributed by atoms with Gasteiger partial charge in [0.05, 0.1) is 10.6 Å². The molecule has 29 heavy (non-hydrogen) atoms. The van der Waals surface area contributed by atoms with Gasteiger partial charge in [-0.25, -0.2) is 9.97 Å². The lowest BCUT2D eigenvalue weighted by Gasteiger charge is -2.20. The summed E-state index contributed by atoms with van der Waals surface area (Å²) in [4.78, 5) is 33.1.